The summed E-state index contributed by atoms with van der Waals surface area (Å²) in [5.74, 6) is -5.41. The molecule has 0 spiro atoms. The van der Waals surface area contributed by atoms with Crippen molar-refractivity contribution in [2.75, 3.05) is 12.3 Å². The van der Waals surface area contributed by atoms with Crippen LogP contribution in [0.4, 0.5) is 0 Å². The molecule has 0 aromatic heterocycles. The molecule has 1 heterocycles. The Kier molecular flexibility index (Phi) is 10.9. The van der Waals surface area contributed by atoms with Gasteiger partial charge in [-0.05, 0) is 25.7 Å². The van der Waals surface area contributed by atoms with Crippen molar-refractivity contribution in [1.29, 1.82) is 0 Å². The number of nitrogens with two attached hydrogens (primary N) is 2. The summed E-state index contributed by atoms with van der Waals surface area (Å²) in [6.07, 6.45) is -0.513. The number of carboxylic acid groups (broad SMARTS) is 2. The average molecular weight is 476 g/mol. The summed E-state index contributed by atoms with van der Waals surface area (Å²) in [5.41, 5.74) is 10.7. The van der Waals surface area contributed by atoms with Crippen LogP contribution in [0.3, 0.4) is 0 Å². The lowest BCUT2D eigenvalue weighted by molar-refractivity contribution is -0.144. The number of aliphatic carboxylic acids is 2. The summed E-state index contributed by atoms with van der Waals surface area (Å²) < 4.78 is 0. The van der Waals surface area contributed by atoms with Crippen LogP contribution < -0.4 is 22.1 Å². The van der Waals surface area contributed by atoms with Gasteiger partial charge in [0.15, 0.2) is 0 Å². The van der Waals surface area contributed by atoms with Crippen LogP contribution in [-0.4, -0.2) is 87.1 Å². The van der Waals surface area contributed by atoms with Gasteiger partial charge in [0.25, 0.3) is 0 Å². The average Bonchev–Trinajstić information content (AvgIpc) is 3.21. The SMILES string of the molecule is NC(=O)CCC(NC(=O)C(CCC(=O)O)NC(=O)C1CCCN1C(=O)C(N)CS)C(=O)O. The van der Waals surface area contributed by atoms with Crippen LogP contribution in [0.5, 0.6) is 0 Å². The van der Waals surface area contributed by atoms with E-state index in [4.69, 9.17) is 16.6 Å². The van der Waals surface area contributed by atoms with Crippen molar-refractivity contribution >= 4 is 48.2 Å². The maximum absolute atomic E-state index is 12.8. The molecule has 4 atom stereocenters. The molecule has 4 unspecified atom stereocenters. The van der Waals surface area contributed by atoms with Crippen LogP contribution in [0.1, 0.15) is 38.5 Å². The predicted molar refractivity (Wildman–Crippen MR) is 113 cm³/mol. The van der Waals surface area contributed by atoms with Crippen molar-refractivity contribution in [3.05, 3.63) is 0 Å². The minimum atomic E-state index is -1.46. The Morgan fingerprint density at radius 2 is 1.66 bits per heavy atom. The molecule has 1 fully saturated rings. The van der Waals surface area contributed by atoms with E-state index < -0.39 is 66.2 Å². The molecule has 14 heteroatoms. The third kappa shape index (κ3) is 8.34. The number of primary amides is 1. The first kappa shape index (κ1) is 27.2. The number of rotatable bonds is 13. The van der Waals surface area contributed by atoms with Gasteiger partial charge in [0.1, 0.15) is 18.1 Å². The summed E-state index contributed by atoms with van der Waals surface area (Å²) in [6.45, 7) is 0.290. The smallest absolute Gasteiger partial charge is 0.326 e. The van der Waals surface area contributed by atoms with Crippen molar-refractivity contribution < 1.29 is 39.0 Å². The van der Waals surface area contributed by atoms with Gasteiger partial charge in [0, 0.05) is 25.1 Å². The molecule has 13 nitrogen and oxygen atoms in total. The van der Waals surface area contributed by atoms with Crippen molar-refractivity contribution in [3.8, 4) is 0 Å². The molecule has 1 aliphatic heterocycles. The lowest BCUT2D eigenvalue weighted by atomic mass is 10.1. The van der Waals surface area contributed by atoms with Crippen LogP contribution >= 0.6 is 12.6 Å². The first-order chi connectivity index (χ1) is 15.0. The molecule has 4 amide bonds. The molecule has 0 saturated carbocycles. The normalized spacial score (nSPS) is 18.3. The van der Waals surface area contributed by atoms with E-state index in [9.17, 15) is 33.9 Å². The zero-order valence-electron chi connectivity index (χ0n) is 17.4. The van der Waals surface area contributed by atoms with Gasteiger partial charge in [-0.1, -0.05) is 0 Å². The zero-order valence-corrected chi connectivity index (χ0v) is 18.3. The van der Waals surface area contributed by atoms with Crippen molar-refractivity contribution in [2.24, 2.45) is 11.5 Å². The Morgan fingerprint density at radius 3 is 2.19 bits per heavy atom. The number of amides is 4. The van der Waals surface area contributed by atoms with Crippen LogP contribution in [0.15, 0.2) is 0 Å². The Hall–Kier alpha value is -2.87. The van der Waals surface area contributed by atoms with E-state index >= 15 is 0 Å². The molecule has 0 aromatic rings. The zero-order chi connectivity index (χ0) is 24.4. The maximum Gasteiger partial charge on any atom is 0.326 e. The minimum Gasteiger partial charge on any atom is -0.481 e. The Labute approximate surface area is 189 Å². The Morgan fingerprint density at radius 1 is 1.03 bits per heavy atom. The fourth-order valence-corrected chi connectivity index (χ4v) is 3.37. The third-order valence-corrected chi connectivity index (χ3v) is 5.32. The van der Waals surface area contributed by atoms with Gasteiger partial charge in [0.2, 0.25) is 23.6 Å². The number of carboxylic acids is 2. The molecule has 8 N–H and O–H groups in total. The number of hydrogen-bond donors (Lipinski definition) is 7. The number of likely N-dealkylation sites (tertiary alicyclic amines) is 1. The Balaban J connectivity index is 2.93. The molecular formula is C18H29N5O8S. The van der Waals surface area contributed by atoms with Gasteiger partial charge in [-0.3, -0.25) is 24.0 Å². The van der Waals surface area contributed by atoms with E-state index in [1.165, 1.54) is 4.90 Å². The topological polar surface area (TPSA) is 222 Å². The van der Waals surface area contributed by atoms with Gasteiger partial charge in [0.05, 0.1) is 6.04 Å². The fourth-order valence-electron chi connectivity index (χ4n) is 3.21. The van der Waals surface area contributed by atoms with Gasteiger partial charge in [-0.15, -0.1) is 0 Å². The van der Waals surface area contributed by atoms with Gasteiger partial charge in [-0.2, -0.15) is 12.6 Å². The molecule has 0 aliphatic carbocycles. The first-order valence-electron chi connectivity index (χ1n) is 9.98. The van der Waals surface area contributed by atoms with Crippen LogP contribution in [0.25, 0.3) is 0 Å². The summed E-state index contributed by atoms with van der Waals surface area (Å²) in [7, 11) is 0. The number of thiol groups is 1. The predicted octanol–water partition coefficient (Wildman–Crippen LogP) is -2.58. The highest BCUT2D eigenvalue weighted by Gasteiger charge is 2.37. The molecule has 1 rings (SSSR count). The lowest BCUT2D eigenvalue weighted by Crippen LogP contribution is -2.56. The maximum atomic E-state index is 12.8. The fraction of sp³-hybridized carbons (Fsp3) is 0.667. The van der Waals surface area contributed by atoms with E-state index in [-0.39, 0.29) is 25.0 Å². The van der Waals surface area contributed by atoms with E-state index in [1.807, 2.05) is 0 Å². The summed E-state index contributed by atoms with van der Waals surface area (Å²) in [6, 6.07) is -4.64. The minimum absolute atomic E-state index is 0.0786. The van der Waals surface area contributed by atoms with E-state index in [0.29, 0.717) is 19.4 Å². The monoisotopic (exact) mass is 475 g/mol. The molecule has 1 aliphatic rings. The second-order valence-electron chi connectivity index (χ2n) is 7.38. The third-order valence-electron chi connectivity index (χ3n) is 4.93. The number of nitrogens with zero attached hydrogens (tertiary/aromatic N) is 1. The number of nitrogens with one attached hydrogen (secondary N) is 2. The molecule has 1 saturated heterocycles. The summed E-state index contributed by atoms with van der Waals surface area (Å²) in [4.78, 5) is 72.3. The van der Waals surface area contributed by atoms with Crippen LogP contribution in [0.2, 0.25) is 0 Å². The lowest BCUT2D eigenvalue weighted by Gasteiger charge is -2.28. The highest BCUT2D eigenvalue weighted by Crippen LogP contribution is 2.19. The summed E-state index contributed by atoms with van der Waals surface area (Å²) >= 11 is 3.98. The van der Waals surface area contributed by atoms with Crippen molar-refractivity contribution in [3.63, 3.8) is 0 Å². The molecule has 32 heavy (non-hydrogen) atoms. The molecule has 0 bridgehead atoms. The highest BCUT2D eigenvalue weighted by atomic mass is 32.1. The molecule has 0 radical (unpaired) electrons. The molecule has 180 valence electrons. The van der Waals surface area contributed by atoms with E-state index in [2.05, 4.69) is 23.3 Å². The first-order valence-corrected chi connectivity index (χ1v) is 10.6. The van der Waals surface area contributed by atoms with Crippen molar-refractivity contribution in [2.45, 2.75) is 62.7 Å². The van der Waals surface area contributed by atoms with Crippen LogP contribution in [0, 0.1) is 0 Å². The van der Waals surface area contributed by atoms with Crippen LogP contribution in [-0.2, 0) is 28.8 Å². The second kappa shape index (κ2) is 12.9. The number of hydrogen-bond acceptors (Lipinski definition) is 8. The number of carbonyl (C=O) groups is 6. The number of carbonyl (C=O) groups excluding carboxylic acids is 4. The molecular weight excluding hydrogens is 446 g/mol. The quantitative estimate of drug-likeness (QED) is 0.139. The van der Waals surface area contributed by atoms with E-state index in [1.54, 1.807) is 0 Å². The van der Waals surface area contributed by atoms with Gasteiger partial charge < -0.3 is 37.2 Å². The second-order valence-corrected chi connectivity index (χ2v) is 7.74. The van der Waals surface area contributed by atoms with Crippen molar-refractivity contribution in [1.82, 2.24) is 15.5 Å². The van der Waals surface area contributed by atoms with E-state index in [0.717, 1.165) is 0 Å². The standard InChI is InChI=1S/C18H29N5O8S/c19-9(8-32)17(29)23-7-1-2-12(23)16(28)21-10(4-6-14(25)26)15(27)22-11(18(30)31)3-5-13(20)24/h9-12,32H,1-8,19H2,(H2,20,24)(H,21,28)(H,22,27)(H,25,26)(H,30,31). The van der Waals surface area contributed by atoms with Gasteiger partial charge >= 0.3 is 11.9 Å². The summed E-state index contributed by atoms with van der Waals surface area (Å²) in [5, 5.41) is 22.8. The largest absolute Gasteiger partial charge is 0.481 e. The highest BCUT2D eigenvalue weighted by molar-refractivity contribution is 7.80. The molecule has 0 aromatic carbocycles. The Bertz CT molecular complexity index is 749. The van der Waals surface area contributed by atoms with Gasteiger partial charge in [-0.25, -0.2) is 4.79 Å².